The lowest BCUT2D eigenvalue weighted by Gasteiger charge is -2.50. The van der Waals surface area contributed by atoms with Gasteiger partial charge >= 0.3 is 0 Å². The molecule has 2 aromatic carbocycles. The van der Waals surface area contributed by atoms with E-state index in [2.05, 4.69) is 106 Å². The molecule has 0 aromatic heterocycles. The zero-order chi connectivity index (χ0) is 15.6. The monoisotopic (exact) mass is 288 g/mol. The van der Waals surface area contributed by atoms with Crippen LogP contribution in [0.15, 0.2) is 85.0 Å². The van der Waals surface area contributed by atoms with Crippen LogP contribution in [0, 0.1) is 11.3 Å². The maximum Gasteiger partial charge on any atom is 0.0268 e. The molecule has 0 amide bonds. The van der Waals surface area contributed by atoms with Gasteiger partial charge < -0.3 is 0 Å². The van der Waals surface area contributed by atoms with Crippen molar-refractivity contribution in [1.29, 1.82) is 0 Å². The van der Waals surface area contributed by atoms with E-state index in [1.54, 1.807) is 0 Å². The van der Waals surface area contributed by atoms with Crippen LogP contribution in [-0.4, -0.2) is 0 Å². The van der Waals surface area contributed by atoms with E-state index in [1.807, 2.05) is 0 Å². The summed E-state index contributed by atoms with van der Waals surface area (Å²) in [4.78, 5) is 0. The topological polar surface area (TPSA) is 0 Å². The predicted octanol–water partition coefficient (Wildman–Crippen LogP) is 5.76. The molecule has 1 aliphatic carbocycles. The molecule has 3 rings (SSSR count). The van der Waals surface area contributed by atoms with E-state index in [4.69, 9.17) is 0 Å². The smallest absolute Gasteiger partial charge is 0.0268 e. The van der Waals surface area contributed by atoms with Crippen molar-refractivity contribution >= 4 is 0 Å². The highest BCUT2D eigenvalue weighted by Crippen LogP contribution is 2.53. The molecule has 0 saturated heterocycles. The van der Waals surface area contributed by atoms with Crippen molar-refractivity contribution in [3.8, 4) is 0 Å². The first kappa shape index (κ1) is 14.8. The summed E-state index contributed by atoms with van der Waals surface area (Å²) in [7, 11) is 0. The van der Waals surface area contributed by atoms with E-state index in [0.717, 1.165) is 0 Å². The number of hydrogen-bond donors (Lipinski definition) is 0. The fraction of sp³-hybridized carbons (Fsp3) is 0.273. The minimum absolute atomic E-state index is 0.0322. The van der Waals surface area contributed by atoms with Gasteiger partial charge in [-0.3, -0.25) is 0 Å². The highest BCUT2D eigenvalue weighted by molar-refractivity contribution is 5.45. The van der Waals surface area contributed by atoms with E-state index in [9.17, 15) is 0 Å². The van der Waals surface area contributed by atoms with Gasteiger partial charge in [0.15, 0.2) is 0 Å². The number of hydrogen-bond acceptors (Lipinski definition) is 0. The van der Waals surface area contributed by atoms with Crippen LogP contribution in [0.4, 0.5) is 0 Å². The molecule has 1 aliphatic rings. The molecule has 0 nitrogen and oxygen atoms in total. The molecule has 112 valence electrons. The molecule has 0 fully saturated rings. The zero-order valence-corrected chi connectivity index (χ0v) is 13.7. The van der Waals surface area contributed by atoms with Crippen LogP contribution < -0.4 is 0 Å². The average Bonchev–Trinajstić information content (AvgIpc) is 2.58. The third kappa shape index (κ3) is 2.14. The van der Waals surface area contributed by atoms with Gasteiger partial charge in [-0.25, -0.2) is 0 Å². The Balaban J connectivity index is 2.25. The second-order valence-corrected chi connectivity index (χ2v) is 6.67. The second kappa shape index (κ2) is 5.61. The van der Waals surface area contributed by atoms with Gasteiger partial charge in [-0.15, -0.1) is 0 Å². The summed E-state index contributed by atoms with van der Waals surface area (Å²) >= 11 is 0. The van der Waals surface area contributed by atoms with Crippen molar-refractivity contribution in [3.63, 3.8) is 0 Å². The largest absolute Gasteiger partial charge is 0.0808 e. The van der Waals surface area contributed by atoms with Crippen molar-refractivity contribution in [2.45, 2.75) is 26.2 Å². The minimum atomic E-state index is -0.0732. The molecular weight excluding hydrogens is 264 g/mol. The van der Waals surface area contributed by atoms with E-state index in [0.29, 0.717) is 5.92 Å². The van der Waals surface area contributed by atoms with Gasteiger partial charge in [0.05, 0.1) is 0 Å². The zero-order valence-electron chi connectivity index (χ0n) is 13.7. The Morgan fingerprint density at radius 1 is 0.818 bits per heavy atom. The summed E-state index contributed by atoms with van der Waals surface area (Å²) in [6, 6.07) is 21.8. The Kier molecular flexibility index (Phi) is 3.78. The van der Waals surface area contributed by atoms with Crippen molar-refractivity contribution in [1.82, 2.24) is 0 Å². The summed E-state index contributed by atoms with van der Waals surface area (Å²) in [5.74, 6) is 0.475. The second-order valence-electron chi connectivity index (χ2n) is 6.67. The summed E-state index contributed by atoms with van der Waals surface area (Å²) in [5.41, 5.74) is 2.70. The van der Waals surface area contributed by atoms with Crippen LogP contribution in [0.5, 0.6) is 0 Å². The number of rotatable bonds is 3. The van der Waals surface area contributed by atoms with Crippen LogP contribution >= 0.6 is 0 Å². The molecule has 0 N–H and O–H groups in total. The van der Waals surface area contributed by atoms with Crippen LogP contribution in [0.1, 0.15) is 31.9 Å². The number of allylic oxidation sites excluding steroid dienone is 4. The van der Waals surface area contributed by atoms with Gasteiger partial charge in [0, 0.05) is 10.8 Å². The summed E-state index contributed by atoms with van der Waals surface area (Å²) < 4.78 is 0. The summed E-state index contributed by atoms with van der Waals surface area (Å²) in [6.07, 6.45) is 9.08. The lowest BCUT2D eigenvalue weighted by Crippen LogP contribution is -2.45. The van der Waals surface area contributed by atoms with Gasteiger partial charge in [-0.2, -0.15) is 0 Å². The molecule has 2 atom stereocenters. The Labute approximate surface area is 134 Å². The van der Waals surface area contributed by atoms with Crippen LogP contribution in [0.3, 0.4) is 0 Å². The van der Waals surface area contributed by atoms with E-state index in [-0.39, 0.29) is 10.8 Å². The van der Waals surface area contributed by atoms with Gasteiger partial charge in [0.25, 0.3) is 0 Å². The van der Waals surface area contributed by atoms with Crippen molar-refractivity contribution in [2.24, 2.45) is 11.3 Å². The minimum Gasteiger partial charge on any atom is -0.0808 e. The Morgan fingerprint density at radius 3 is 1.77 bits per heavy atom. The molecule has 0 heterocycles. The maximum absolute atomic E-state index is 2.39. The van der Waals surface area contributed by atoms with Gasteiger partial charge in [0.1, 0.15) is 0 Å². The highest BCUT2D eigenvalue weighted by atomic mass is 14.5. The third-order valence-corrected chi connectivity index (χ3v) is 5.68. The lowest BCUT2D eigenvalue weighted by atomic mass is 9.53. The maximum atomic E-state index is 2.39. The molecule has 2 unspecified atom stereocenters. The van der Waals surface area contributed by atoms with E-state index >= 15 is 0 Å². The predicted molar refractivity (Wildman–Crippen MR) is 94.9 cm³/mol. The van der Waals surface area contributed by atoms with Crippen molar-refractivity contribution in [3.05, 3.63) is 96.1 Å². The Bertz CT molecular complexity index is 639. The quantitative estimate of drug-likeness (QED) is 0.673. The fourth-order valence-corrected chi connectivity index (χ4v) is 3.79. The highest BCUT2D eigenvalue weighted by Gasteiger charge is 2.48. The average molecular weight is 288 g/mol. The first-order valence-electron chi connectivity index (χ1n) is 8.06. The molecule has 22 heavy (non-hydrogen) atoms. The summed E-state index contributed by atoms with van der Waals surface area (Å²) in [6.45, 7) is 7.10. The van der Waals surface area contributed by atoms with Crippen LogP contribution in [-0.2, 0) is 5.41 Å². The number of benzene rings is 2. The summed E-state index contributed by atoms with van der Waals surface area (Å²) in [5, 5.41) is 0. The van der Waals surface area contributed by atoms with Crippen molar-refractivity contribution < 1.29 is 0 Å². The Morgan fingerprint density at radius 2 is 1.32 bits per heavy atom. The molecule has 0 spiro atoms. The molecule has 0 heteroatoms. The Hall–Kier alpha value is -2.08. The van der Waals surface area contributed by atoms with Gasteiger partial charge in [0.2, 0.25) is 0 Å². The lowest BCUT2D eigenvalue weighted by molar-refractivity contribution is 0.199. The molecule has 0 radical (unpaired) electrons. The first-order chi connectivity index (χ1) is 10.6. The standard InChI is InChI=1S/C22H24/c1-18-12-10-11-17-21(18,2)22(3,19-13-6-4-7-14-19)20-15-8-5-9-16-20/h4-18H,1-3H3. The third-order valence-electron chi connectivity index (χ3n) is 5.68. The first-order valence-corrected chi connectivity index (χ1v) is 8.06. The van der Waals surface area contributed by atoms with Crippen molar-refractivity contribution in [2.75, 3.05) is 0 Å². The molecular formula is C22H24. The molecule has 2 aromatic rings. The van der Waals surface area contributed by atoms with Crippen LogP contribution in [0.25, 0.3) is 0 Å². The van der Waals surface area contributed by atoms with Gasteiger partial charge in [-0.05, 0) is 17.0 Å². The molecule has 0 aliphatic heterocycles. The SMILES string of the molecule is CC1C=CC=CC1(C)C(C)(c1ccccc1)c1ccccc1. The molecule has 0 bridgehead atoms. The molecule has 0 saturated carbocycles. The van der Waals surface area contributed by atoms with E-state index < -0.39 is 0 Å². The normalized spacial score (nSPS) is 24.4. The van der Waals surface area contributed by atoms with Crippen LogP contribution in [0.2, 0.25) is 0 Å². The van der Waals surface area contributed by atoms with Gasteiger partial charge in [-0.1, -0.05) is 106 Å². The fourth-order valence-electron chi connectivity index (χ4n) is 3.79. The van der Waals surface area contributed by atoms with E-state index in [1.165, 1.54) is 11.1 Å².